The predicted molar refractivity (Wildman–Crippen MR) is 119 cm³/mol. The third kappa shape index (κ3) is 5.60. The molecular formula is C23H34N4O2. The largest absolute Gasteiger partial charge is 0.443 e. The zero-order valence-corrected chi connectivity index (χ0v) is 18.3. The quantitative estimate of drug-likeness (QED) is 0.617. The van der Waals surface area contributed by atoms with Crippen LogP contribution in [0.25, 0.3) is 5.70 Å². The van der Waals surface area contributed by atoms with Crippen molar-refractivity contribution in [1.29, 1.82) is 0 Å². The molecule has 29 heavy (non-hydrogen) atoms. The van der Waals surface area contributed by atoms with E-state index < -0.39 is 5.60 Å². The fourth-order valence-corrected chi connectivity index (χ4v) is 3.74. The number of carbonyl (C=O) groups excluding carboxylic acids is 1. The molecule has 158 valence electrons. The van der Waals surface area contributed by atoms with Gasteiger partial charge in [-0.3, -0.25) is 9.89 Å². The summed E-state index contributed by atoms with van der Waals surface area (Å²) in [5.74, 6) is 0.388. The van der Waals surface area contributed by atoms with Crippen LogP contribution in [-0.2, 0) is 4.74 Å². The van der Waals surface area contributed by atoms with Crippen molar-refractivity contribution in [1.82, 2.24) is 9.80 Å². The number of amides is 1. The molecule has 2 atom stereocenters. The Morgan fingerprint density at radius 2 is 2.07 bits per heavy atom. The van der Waals surface area contributed by atoms with Crippen LogP contribution < -0.4 is 5.73 Å². The Morgan fingerprint density at radius 1 is 1.31 bits per heavy atom. The van der Waals surface area contributed by atoms with Crippen LogP contribution >= 0.6 is 0 Å². The van der Waals surface area contributed by atoms with Crippen LogP contribution in [0.5, 0.6) is 0 Å². The predicted octanol–water partition coefficient (Wildman–Crippen LogP) is 4.01. The van der Waals surface area contributed by atoms with Gasteiger partial charge in [0.1, 0.15) is 5.60 Å². The number of ether oxygens (including phenoxy) is 1. The van der Waals surface area contributed by atoms with Gasteiger partial charge in [-0.25, -0.2) is 4.79 Å². The number of nitrogens with two attached hydrogens (primary N) is 1. The van der Waals surface area contributed by atoms with E-state index in [2.05, 4.69) is 24.9 Å². The first kappa shape index (κ1) is 21.4. The maximum absolute atomic E-state index is 12.8. The maximum atomic E-state index is 12.8. The summed E-state index contributed by atoms with van der Waals surface area (Å²) in [6, 6.07) is 6.27. The molecule has 0 aliphatic carbocycles. The first-order valence-electron chi connectivity index (χ1n) is 10.4. The van der Waals surface area contributed by atoms with Crippen molar-refractivity contribution < 1.29 is 9.53 Å². The number of nitrogen functional groups attached to an aromatic ring is 1. The van der Waals surface area contributed by atoms with Gasteiger partial charge in [0.15, 0.2) is 0 Å². The molecule has 0 spiro atoms. The standard InChI is InChI=1S/C23H34N4O2/c1-16-6-9-21(27(14-16)22(28)29-23(2,3)4)17-7-8-18(20(24)12-17)13-25-19-10-11-26(5)15-19/h7-9,12-13,16,19H,6,10-11,14-15,24H2,1-5H3/t16-,19-/m0/s1. The van der Waals surface area contributed by atoms with Gasteiger partial charge >= 0.3 is 6.09 Å². The molecular weight excluding hydrogens is 364 g/mol. The Labute approximate surface area is 174 Å². The number of hydrogen-bond donors (Lipinski definition) is 1. The average Bonchev–Trinajstić information content (AvgIpc) is 3.04. The fraction of sp³-hybridized carbons (Fsp3) is 0.565. The Morgan fingerprint density at radius 3 is 2.69 bits per heavy atom. The lowest BCUT2D eigenvalue weighted by Crippen LogP contribution is -2.39. The van der Waals surface area contributed by atoms with Crippen LogP contribution in [0.2, 0.25) is 0 Å². The van der Waals surface area contributed by atoms with Gasteiger partial charge in [-0.2, -0.15) is 0 Å². The highest BCUT2D eigenvalue weighted by molar-refractivity contribution is 5.90. The van der Waals surface area contributed by atoms with E-state index in [0.29, 0.717) is 24.2 Å². The van der Waals surface area contributed by atoms with Gasteiger partial charge < -0.3 is 15.4 Å². The minimum atomic E-state index is -0.531. The number of carbonyl (C=O) groups is 1. The third-order valence-electron chi connectivity index (χ3n) is 5.29. The molecule has 2 aliphatic heterocycles. The minimum absolute atomic E-state index is 0.315. The Bertz CT molecular complexity index is 810. The first-order valence-corrected chi connectivity index (χ1v) is 10.4. The van der Waals surface area contributed by atoms with Crippen LogP contribution in [-0.4, -0.2) is 60.4 Å². The van der Waals surface area contributed by atoms with Crippen LogP contribution in [0, 0.1) is 5.92 Å². The third-order valence-corrected chi connectivity index (χ3v) is 5.29. The van der Waals surface area contributed by atoms with Gasteiger partial charge in [-0.1, -0.05) is 25.1 Å². The monoisotopic (exact) mass is 398 g/mol. The van der Waals surface area contributed by atoms with Crippen molar-refractivity contribution in [2.75, 3.05) is 32.4 Å². The normalized spacial score (nSPS) is 23.5. The van der Waals surface area contributed by atoms with E-state index in [0.717, 1.165) is 42.8 Å². The smallest absolute Gasteiger partial charge is 0.414 e. The second kappa shape index (κ2) is 8.57. The number of aliphatic imine (C=N–C) groups is 1. The van der Waals surface area contributed by atoms with Gasteiger partial charge in [0, 0.05) is 36.1 Å². The number of likely N-dealkylation sites (tertiary alicyclic amines) is 1. The molecule has 6 heteroatoms. The number of likely N-dealkylation sites (N-methyl/N-ethyl adjacent to an activating group) is 1. The molecule has 0 radical (unpaired) electrons. The van der Waals surface area contributed by atoms with Gasteiger partial charge in [0.25, 0.3) is 0 Å². The van der Waals surface area contributed by atoms with E-state index in [1.165, 1.54) is 0 Å². The summed E-state index contributed by atoms with van der Waals surface area (Å²) in [5, 5.41) is 0. The van der Waals surface area contributed by atoms with Gasteiger partial charge in [-0.15, -0.1) is 0 Å². The molecule has 1 aromatic rings. The van der Waals surface area contributed by atoms with Gasteiger partial charge in [0.2, 0.25) is 0 Å². The highest BCUT2D eigenvalue weighted by Crippen LogP contribution is 2.30. The second-order valence-corrected chi connectivity index (χ2v) is 9.35. The van der Waals surface area contributed by atoms with Crippen LogP contribution in [0.3, 0.4) is 0 Å². The first-order chi connectivity index (χ1) is 13.6. The highest BCUT2D eigenvalue weighted by atomic mass is 16.6. The van der Waals surface area contributed by atoms with E-state index in [-0.39, 0.29) is 6.09 Å². The molecule has 3 rings (SSSR count). The molecule has 1 amide bonds. The minimum Gasteiger partial charge on any atom is -0.443 e. The summed E-state index contributed by atoms with van der Waals surface area (Å²) >= 11 is 0. The highest BCUT2D eigenvalue weighted by Gasteiger charge is 2.29. The molecule has 0 aromatic heterocycles. The Kier molecular flexibility index (Phi) is 6.32. The summed E-state index contributed by atoms with van der Waals surface area (Å²) in [6.45, 7) is 10.5. The van der Waals surface area contributed by atoms with E-state index in [1.54, 1.807) is 4.90 Å². The van der Waals surface area contributed by atoms with Crippen molar-refractivity contribution >= 4 is 23.7 Å². The van der Waals surface area contributed by atoms with Crippen molar-refractivity contribution in [2.24, 2.45) is 10.9 Å². The Hall–Kier alpha value is -2.34. The molecule has 1 fully saturated rings. The molecule has 0 saturated carbocycles. The van der Waals surface area contributed by atoms with Crippen molar-refractivity contribution in [2.45, 2.75) is 52.2 Å². The molecule has 0 unspecified atom stereocenters. The van der Waals surface area contributed by atoms with E-state index in [9.17, 15) is 4.79 Å². The average molecular weight is 399 g/mol. The molecule has 1 aromatic carbocycles. The van der Waals surface area contributed by atoms with Crippen LogP contribution in [0.4, 0.5) is 10.5 Å². The maximum Gasteiger partial charge on any atom is 0.414 e. The Balaban J connectivity index is 1.79. The van der Waals surface area contributed by atoms with Gasteiger partial charge in [-0.05, 0) is 59.2 Å². The van der Waals surface area contributed by atoms with E-state index in [4.69, 9.17) is 15.5 Å². The SMILES string of the molecule is C[C@H]1CC=C(c2ccc(C=N[C@H]3CCN(C)C3)c(N)c2)N(C(=O)OC(C)(C)C)C1. The van der Waals surface area contributed by atoms with Crippen molar-refractivity contribution in [3.8, 4) is 0 Å². The molecule has 2 heterocycles. The van der Waals surface area contributed by atoms with E-state index >= 15 is 0 Å². The second-order valence-electron chi connectivity index (χ2n) is 9.35. The summed E-state index contributed by atoms with van der Waals surface area (Å²) in [6.07, 6.45) is 5.68. The molecule has 0 bridgehead atoms. The summed E-state index contributed by atoms with van der Waals surface area (Å²) in [5.41, 5.74) is 9.17. The lowest BCUT2D eigenvalue weighted by atomic mass is 9.97. The number of anilines is 1. The zero-order valence-electron chi connectivity index (χ0n) is 18.3. The number of benzene rings is 1. The lowest BCUT2D eigenvalue weighted by molar-refractivity contribution is 0.0327. The molecule has 2 N–H and O–H groups in total. The molecule has 6 nitrogen and oxygen atoms in total. The molecule has 2 aliphatic rings. The lowest BCUT2D eigenvalue weighted by Gasteiger charge is -2.34. The van der Waals surface area contributed by atoms with Gasteiger partial charge in [0.05, 0.1) is 11.7 Å². The summed E-state index contributed by atoms with van der Waals surface area (Å²) in [7, 11) is 2.12. The molecule has 1 saturated heterocycles. The summed E-state index contributed by atoms with van der Waals surface area (Å²) < 4.78 is 5.63. The fourth-order valence-electron chi connectivity index (χ4n) is 3.74. The van der Waals surface area contributed by atoms with Crippen LogP contribution in [0.15, 0.2) is 29.3 Å². The van der Waals surface area contributed by atoms with Crippen molar-refractivity contribution in [3.05, 3.63) is 35.4 Å². The number of nitrogens with zero attached hydrogens (tertiary/aromatic N) is 3. The zero-order chi connectivity index (χ0) is 21.2. The van der Waals surface area contributed by atoms with E-state index in [1.807, 2.05) is 45.2 Å². The number of rotatable bonds is 3. The summed E-state index contributed by atoms with van der Waals surface area (Å²) in [4.78, 5) is 21.5. The van der Waals surface area contributed by atoms with Crippen molar-refractivity contribution in [3.63, 3.8) is 0 Å². The number of hydrogen-bond acceptors (Lipinski definition) is 5. The topological polar surface area (TPSA) is 71.2 Å². The number of allylic oxidation sites excluding steroid dienone is 1. The van der Waals surface area contributed by atoms with Crippen LogP contribution in [0.1, 0.15) is 51.7 Å².